The molecule has 9 heteroatoms. The van der Waals surface area contributed by atoms with E-state index in [1.165, 1.54) is 24.3 Å². The number of aromatic nitrogens is 2. The molecule has 1 N–H and O–H groups in total. The standard InChI is InChI=1S/C22H21FN4O3S/c1-30-18-10-2-14(3-11-18)12-24-21(28)20(15-4-6-16(23)7-5-15)27(17-8-9-17)22(29)19-13-31-26-25-19/h2-7,10-11,13,17,20H,8-9,12H2,1H3,(H,24,28)/t20-/m1/s1. The Labute approximate surface area is 183 Å². The van der Waals surface area contributed by atoms with Crippen LogP contribution in [-0.2, 0) is 11.3 Å². The van der Waals surface area contributed by atoms with Gasteiger partial charge in [-0.1, -0.05) is 28.8 Å². The zero-order valence-electron chi connectivity index (χ0n) is 16.8. The Morgan fingerprint density at radius 2 is 1.90 bits per heavy atom. The number of carbonyl (C=O) groups is 2. The molecule has 1 fully saturated rings. The van der Waals surface area contributed by atoms with Crippen molar-refractivity contribution in [2.24, 2.45) is 0 Å². The number of nitrogens with one attached hydrogen (secondary N) is 1. The fourth-order valence-corrected chi connectivity index (χ4v) is 3.78. The maximum absolute atomic E-state index is 13.5. The molecule has 7 nitrogen and oxygen atoms in total. The van der Waals surface area contributed by atoms with Crippen molar-refractivity contribution in [3.05, 3.63) is 76.5 Å². The van der Waals surface area contributed by atoms with Crippen molar-refractivity contribution in [1.82, 2.24) is 19.8 Å². The normalized spacial score (nSPS) is 14.0. The Balaban J connectivity index is 1.60. The summed E-state index contributed by atoms with van der Waals surface area (Å²) in [6, 6.07) is 12.0. The van der Waals surface area contributed by atoms with Crippen LogP contribution in [0.5, 0.6) is 5.75 Å². The Morgan fingerprint density at radius 3 is 2.48 bits per heavy atom. The van der Waals surface area contributed by atoms with Gasteiger partial charge in [-0.3, -0.25) is 9.59 Å². The molecular formula is C22H21FN4O3S. The average molecular weight is 441 g/mol. The Hall–Kier alpha value is -3.33. The van der Waals surface area contributed by atoms with E-state index < -0.39 is 11.9 Å². The highest BCUT2D eigenvalue weighted by Gasteiger charge is 2.42. The third-order valence-electron chi connectivity index (χ3n) is 5.09. The van der Waals surface area contributed by atoms with Crippen molar-refractivity contribution >= 4 is 23.3 Å². The van der Waals surface area contributed by atoms with E-state index in [1.807, 2.05) is 24.3 Å². The van der Waals surface area contributed by atoms with Gasteiger partial charge in [0.15, 0.2) is 5.69 Å². The number of ether oxygens (including phenoxy) is 1. The van der Waals surface area contributed by atoms with E-state index in [4.69, 9.17) is 4.74 Å². The Morgan fingerprint density at radius 1 is 1.19 bits per heavy atom. The number of nitrogens with zero attached hydrogens (tertiary/aromatic N) is 3. The van der Waals surface area contributed by atoms with Gasteiger partial charge < -0.3 is 15.0 Å². The molecule has 4 rings (SSSR count). The summed E-state index contributed by atoms with van der Waals surface area (Å²) in [7, 11) is 1.59. The first-order valence-electron chi connectivity index (χ1n) is 9.82. The second-order valence-electron chi connectivity index (χ2n) is 7.25. The van der Waals surface area contributed by atoms with E-state index in [9.17, 15) is 14.0 Å². The van der Waals surface area contributed by atoms with Crippen LogP contribution in [0.1, 0.15) is 40.5 Å². The van der Waals surface area contributed by atoms with Gasteiger partial charge in [0.05, 0.1) is 7.11 Å². The number of benzene rings is 2. The molecule has 0 aliphatic heterocycles. The molecule has 2 amide bonds. The van der Waals surface area contributed by atoms with Crippen LogP contribution >= 0.6 is 11.5 Å². The minimum atomic E-state index is -0.902. The van der Waals surface area contributed by atoms with Crippen LogP contribution in [0.3, 0.4) is 0 Å². The summed E-state index contributed by atoms with van der Waals surface area (Å²) in [5, 5.41) is 8.36. The average Bonchev–Trinajstić information content (AvgIpc) is 3.48. The summed E-state index contributed by atoms with van der Waals surface area (Å²) in [6.07, 6.45) is 1.60. The van der Waals surface area contributed by atoms with E-state index in [1.54, 1.807) is 17.4 Å². The zero-order chi connectivity index (χ0) is 21.8. The minimum absolute atomic E-state index is 0.0732. The van der Waals surface area contributed by atoms with Crippen molar-refractivity contribution in [3.63, 3.8) is 0 Å². The van der Waals surface area contributed by atoms with Gasteiger partial charge in [0.1, 0.15) is 17.6 Å². The van der Waals surface area contributed by atoms with Crippen molar-refractivity contribution in [2.75, 3.05) is 7.11 Å². The van der Waals surface area contributed by atoms with E-state index in [0.717, 1.165) is 35.7 Å². The summed E-state index contributed by atoms with van der Waals surface area (Å²) < 4.78 is 22.5. The van der Waals surface area contributed by atoms with Crippen LogP contribution in [0.15, 0.2) is 53.9 Å². The highest BCUT2D eigenvalue weighted by Crippen LogP contribution is 2.36. The number of rotatable bonds is 8. The van der Waals surface area contributed by atoms with Crippen LogP contribution in [0.4, 0.5) is 4.39 Å². The van der Waals surface area contributed by atoms with Gasteiger partial charge in [-0.05, 0) is 59.8 Å². The van der Waals surface area contributed by atoms with E-state index >= 15 is 0 Å². The predicted octanol–water partition coefficient (Wildman–Crippen LogP) is 3.35. The van der Waals surface area contributed by atoms with Gasteiger partial charge in [-0.15, -0.1) is 5.10 Å². The zero-order valence-corrected chi connectivity index (χ0v) is 17.6. The van der Waals surface area contributed by atoms with Gasteiger partial charge >= 0.3 is 0 Å². The van der Waals surface area contributed by atoms with Crippen LogP contribution in [0.2, 0.25) is 0 Å². The topological polar surface area (TPSA) is 84.4 Å². The van der Waals surface area contributed by atoms with Crippen LogP contribution < -0.4 is 10.1 Å². The number of carbonyl (C=O) groups excluding carboxylic acids is 2. The van der Waals surface area contributed by atoms with Crippen molar-refractivity contribution in [3.8, 4) is 5.75 Å². The molecule has 31 heavy (non-hydrogen) atoms. The number of halogens is 1. The lowest BCUT2D eigenvalue weighted by molar-refractivity contribution is -0.126. The highest BCUT2D eigenvalue weighted by atomic mass is 32.1. The van der Waals surface area contributed by atoms with Crippen molar-refractivity contribution in [1.29, 1.82) is 0 Å². The van der Waals surface area contributed by atoms with E-state index in [-0.39, 0.29) is 30.1 Å². The molecule has 0 radical (unpaired) electrons. The second kappa shape index (κ2) is 9.22. The number of methoxy groups -OCH3 is 1. The first-order chi connectivity index (χ1) is 15.1. The molecule has 1 aliphatic rings. The molecule has 2 aromatic carbocycles. The molecule has 1 aromatic heterocycles. The van der Waals surface area contributed by atoms with E-state index in [2.05, 4.69) is 14.9 Å². The molecule has 0 unspecified atom stereocenters. The Kier molecular flexibility index (Phi) is 6.22. The molecule has 0 saturated heterocycles. The van der Waals surface area contributed by atoms with Gasteiger partial charge in [-0.25, -0.2) is 4.39 Å². The molecule has 1 heterocycles. The van der Waals surface area contributed by atoms with Crippen LogP contribution in [-0.4, -0.2) is 39.5 Å². The van der Waals surface area contributed by atoms with Gasteiger partial charge in [0.2, 0.25) is 5.91 Å². The van der Waals surface area contributed by atoms with Gasteiger partial charge in [0.25, 0.3) is 5.91 Å². The quantitative estimate of drug-likeness (QED) is 0.581. The van der Waals surface area contributed by atoms with Crippen molar-refractivity contribution < 1.29 is 18.7 Å². The lowest BCUT2D eigenvalue weighted by atomic mass is 10.0. The predicted molar refractivity (Wildman–Crippen MR) is 113 cm³/mol. The molecule has 3 aromatic rings. The summed E-state index contributed by atoms with van der Waals surface area (Å²) in [5.74, 6) is -0.383. The molecular weight excluding hydrogens is 419 g/mol. The SMILES string of the molecule is COc1ccc(CNC(=O)[C@@H](c2ccc(F)cc2)N(C(=O)c2csnn2)C2CC2)cc1. The van der Waals surface area contributed by atoms with Gasteiger partial charge in [0, 0.05) is 18.0 Å². The summed E-state index contributed by atoms with van der Waals surface area (Å²) in [5.41, 5.74) is 1.63. The van der Waals surface area contributed by atoms with Crippen molar-refractivity contribution in [2.45, 2.75) is 31.5 Å². The summed E-state index contributed by atoms with van der Waals surface area (Å²) >= 11 is 1.08. The molecule has 0 spiro atoms. The number of amides is 2. The molecule has 1 atom stereocenters. The maximum atomic E-state index is 13.5. The smallest absolute Gasteiger partial charge is 0.276 e. The highest BCUT2D eigenvalue weighted by molar-refractivity contribution is 7.03. The first kappa shape index (κ1) is 20.9. The fourth-order valence-electron chi connectivity index (χ4n) is 3.35. The number of hydrogen-bond acceptors (Lipinski definition) is 6. The third-order valence-corrected chi connectivity index (χ3v) is 5.60. The van der Waals surface area contributed by atoms with Crippen LogP contribution in [0, 0.1) is 5.82 Å². The Bertz CT molecular complexity index is 1040. The molecule has 1 saturated carbocycles. The number of hydrogen-bond donors (Lipinski definition) is 1. The van der Waals surface area contributed by atoms with E-state index in [0.29, 0.717) is 5.56 Å². The molecule has 160 valence electrons. The fraction of sp³-hybridized carbons (Fsp3) is 0.273. The second-order valence-corrected chi connectivity index (χ2v) is 7.86. The largest absolute Gasteiger partial charge is 0.497 e. The van der Waals surface area contributed by atoms with Gasteiger partial charge in [-0.2, -0.15) is 0 Å². The maximum Gasteiger partial charge on any atom is 0.276 e. The summed E-state index contributed by atoms with van der Waals surface area (Å²) in [4.78, 5) is 28.0. The summed E-state index contributed by atoms with van der Waals surface area (Å²) in [6.45, 7) is 0.283. The third kappa shape index (κ3) is 4.88. The first-order valence-corrected chi connectivity index (χ1v) is 10.7. The minimum Gasteiger partial charge on any atom is -0.497 e. The molecule has 0 bridgehead atoms. The van der Waals surface area contributed by atoms with Crippen LogP contribution in [0.25, 0.3) is 0 Å². The molecule has 1 aliphatic carbocycles. The lowest BCUT2D eigenvalue weighted by Gasteiger charge is -2.31. The lowest BCUT2D eigenvalue weighted by Crippen LogP contribution is -2.45. The monoisotopic (exact) mass is 440 g/mol.